The van der Waals surface area contributed by atoms with Crippen LogP contribution in [-0.4, -0.2) is 22.3 Å². The van der Waals surface area contributed by atoms with Crippen LogP contribution in [0, 0.1) is 0 Å². The van der Waals surface area contributed by atoms with E-state index in [4.69, 9.17) is 9.15 Å². The van der Waals surface area contributed by atoms with Crippen molar-refractivity contribution in [2.45, 2.75) is 0 Å². The predicted octanol–water partition coefficient (Wildman–Crippen LogP) is 4.16. The molecule has 4 aromatic rings. The van der Waals surface area contributed by atoms with Gasteiger partial charge in [0.25, 0.3) is 5.89 Å². The van der Waals surface area contributed by atoms with Crippen LogP contribution in [0.15, 0.2) is 40.1 Å². The fourth-order valence-corrected chi connectivity index (χ4v) is 3.43. The standard InChI is InChI=1S/C14H10N4O2S2/c1-19-8-4-5-10-9(7-8)15-14(22-10)16-13-18-17-12(20-13)11-3-2-6-21-11/h2-7H,1H3,(H,15,16,18). The fourth-order valence-electron chi connectivity index (χ4n) is 1.95. The van der Waals surface area contributed by atoms with E-state index in [2.05, 4.69) is 20.5 Å². The lowest BCUT2D eigenvalue weighted by Crippen LogP contribution is -1.88. The molecule has 22 heavy (non-hydrogen) atoms. The molecule has 6 nitrogen and oxygen atoms in total. The van der Waals surface area contributed by atoms with Crippen molar-refractivity contribution < 1.29 is 9.15 Å². The lowest BCUT2D eigenvalue weighted by atomic mass is 10.3. The van der Waals surface area contributed by atoms with Gasteiger partial charge in [-0.05, 0) is 23.6 Å². The first-order valence-corrected chi connectivity index (χ1v) is 8.10. The van der Waals surface area contributed by atoms with E-state index in [1.807, 2.05) is 35.7 Å². The topological polar surface area (TPSA) is 73.1 Å². The van der Waals surface area contributed by atoms with Crippen LogP contribution < -0.4 is 10.1 Å². The molecule has 1 aromatic carbocycles. The van der Waals surface area contributed by atoms with Gasteiger partial charge in [0, 0.05) is 6.07 Å². The largest absolute Gasteiger partial charge is 0.497 e. The summed E-state index contributed by atoms with van der Waals surface area (Å²) in [6, 6.07) is 9.98. The Morgan fingerprint density at radius 2 is 2.18 bits per heavy atom. The normalized spacial score (nSPS) is 11.0. The van der Waals surface area contributed by atoms with Crippen LogP contribution in [-0.2, 0) is 0 Å². The summed E-state index contributed by atoms with van der Waals surface area (Å²) >= 11 is 3.07. The molecule has 0 bridgehead atoms. The Kier molecular flexibility index (Phi) is 3.24. The number of thiazole rings is 1. The molecule has 3 aromatic heterocycles. The Hall–Kier alpha value is -2.45. The number of rotatable bonds is 4. The van der Waals surface area contributed by atoms with Crippen molar-refractivity contribution in [3.05, 3.63) is 35.7 Å². The van der Waals surface area contributed by atoms with Gasteiger partial charge in [-0.25, -0.2) is 4.98 Å². The third kappa shape index (κ3) is 2.42. The number of ether oxygens (including phenoxy) is 1. The Morgan fingerprint density at radius 3 is 3.00 bits per heavy atom. The van der Waals surface area contributed by atoms with Crippen molar-refractivity contribution >= 4 is 44.0 Å². The Balaban J connectivity index is 1.60. The fraction of sp³-hybridized carbons (Fsp3) is 0.0714. The zero-order chi connectivity index (χ0) is 14.9. The van der Waals surface area contributed by atoms with Crippen molar-refractivity contribution in [3.63, 3.8) is 0 Å². The van der Waals surface area contributed by atoms with E-state index >= 15 is 0 Å². The highest BCUT2D eigenvalue weighted by Crippen LogP contribution is 2.31. The Labute approximate surface area is 133 Å². The summed E-state index contributed by atoms with van der Waals surface area (Å²) in [5.41, 5.74) is 0.866. The third-order valence-electron chi connectivity index (χ3n) is 2.97. The van der Waals surface area contributed by atoms with E-state index in [9.17, 15) is 0 Å². The minimum absolute atomic E-state index is 0.328. The van der Waals surface area contributed by atoms with Gasteiger partial charge in [0.15, 0.2) is 5.13 Å². The minimum Gasteiger partial charge on any atom is -0.497 e. The number of aromatic nitrogens is 3. The van der Waals surface area contributed by atoms with Crippen LogP contribution in [0.4, 0.5) is 11.1 Å². The minimum atomic E-state index is 0.328. The number of hydrogen-bond donors (Lipinski definition) is 1. The van der Waals surface area contributed by atoms with Crippen LogP contribution in [0.25, 0.3) is 21.0 Å². The highest BCUT2D eigenvalue weighted by Gasteiger charge is 2.11. The van der Waals surface area contributed by atoms with Gasteiger partial charge in [0.05, 0.1) is 22.2 Å². The summed E-state index contributed by atoms with van der Waals surface area (Å²) < 4.78 is 11.8. The van der Waals surface area contributed by atoms with Crippen LogP contribution in [0.2, 0.25) is 0 Å². The van der Waals surface area contributed by atoms with Crippen LogP contribution in [0.5, 0.6) is 5.75 Å². The van der Waals surface area contributed by atoms with Gasteiger partial charge >= 0.3 is 6.01 Å². The first kappa shape index (κ1) is 13.2. The molecule has 8 heteroatoms. The van der Waals surface area contributed by atoms with Gasteiger partial charge in [-0.2, -0.15) is 0 Å². The molecule has 0 radical (unpaired) electrons. The van der Waals surface area contributed by atoms with Gasteiger partial charge in [0.2, 0.25) is 0 Å². The molecule has 0 atom stereocenters. The smallest absolute Gasteiger partial charge is 0.322 e. The molecular weight excluding hydrogens is 320 g/mol. The number of methoxy groups -OCH3 is 1. The molecule has 0 unspecified atom stereocenters. The van der Waals surface area contributed by atoms with E-state index in [-0.39, 0.29) is 0 Å². The molecule has 0 aliphatic rings. The Bertz CT molecular complexity index is 914. The second-order valence-corrected chi connectivity index (χ2v) is 6.35. The van der Waals surface area contributed by atoms with Gasteiger partial charge in [0.1, 0.15) is 5.75 Å². The molecule has 0 fully saturated rings. The van der Waals surface area contributed by atoms with Gasteiger partial charge in [-0.1, -0.05) is 22.5 Å². The summed E-state index contributed by atoms with van der Waals surface area (Å²) in [5, 5.41) is 13.7. The van der Waals surface area contributed by atoms with E-state index in [1.54, 1.807) is 18.4 Å². The Morgan fingerprint density at radius 1 is 1.23 bits per heavy atom. The van der Waals surface area contributed by atoms with E-state index in [1.165, 1.54) is 11.3 Å². The molecule has 0 aliphatic carbocycles. The van der Waals surface area contributed by atoms with Crippen molar-refractivity contribution in [2.24, 2.45) is 0 Å². The van der Waals surface area contributed by atoms with Crippen LogP contribution in [0.3, 0.4) is 0 Å². The monoisotopic (exact) mass is 330 g/mol. The number of fused-ring (bicyclic) bond motifs is 1. The van der Waals surface area contributed by atoms with Gasteiger partial charge < -0.3 is 9.15 Å². The SMILES string of the molecule is COc1ccc2sc(Nc3nnc(-c4cccs4)o3)nc2c1. The number of thiophene rings is 1. The first-order valence-electron chi connectivity index (χ1n) is 6.41. The molecule has 0 saturated carbocycles. The van der Waals surface area contributed by atoms with E-state index < -0.39 is 0 Å². The summed E-state index contributed by atoms with van der Waals surface area (Å²) in [5.74, 6) is 1.28. The summed E-state index contributed by atoms with van der Waals surface area (Å²) in [7, 11) is 1.64. The van der Waals surface area contributed by atoms with Gasteiger partial charge in [-0.15, -0.1) is 16.4 Å². The first-order chi connectivity index (χ1) is 10.8. The van der Waals surface area contributed by atoms with Gasteiger partial charge in [-0.3, -0.25) is 5.32 Å². The molecule has 0 aliphatic heterocycles. The molecule has 3 heterocycles. The molecular formula is C14H10N4O2S2. The zero-order valence-corrected chi connectivity index (χ0v) is 13.1. The lowest BCUT2D eigenvalue weighted by molar-refractivity contribution is 0.415. The maximum absolute atomic E-state index is 5.59. The second-order valence-electron chi connectivity index (χ2n) is 4.37. The molecule has 110 valence electrons. The molecule has 0 spiro atoms. The average Bonchev–Trinajstić information content (AvgIpc) is 3.26. The predicted molar refractivity (Wildman–Crippen MR) is 87.1 cm³/mol. The van der Waals surface area contributed by atoms with E-state index in [0.29, 0.717) is 17.0 Å². The van der Waals surface area contributed by atoms with Crippen molar-refractivity contribution in [2.75, 3.05) is 12.4 Å². The molecule has 0 saturated heterocycles. The number of anilines is 2. The van der Waals surface area contributed by atoms with E-state index in [0.717, 1.165) is 20.8 Å². The average molecular weight is 330 g/mol. The highest BCUT2D eigenvalue weighted by atomic mass is 32.1. The number of benzene rings is 1. The van der Waals surface area contributed by atoms with Crippen LogP contribution in [0.1, 0.15) is 0 Å². The number of hydrogen-bond acceptors (Lipinski definition) is 8. The third-order valence-corrected chi connectivity index (χ3v) is 4.78. The highest BCUT2D eigenvalue weighted by molar-refractivity contribution is 7.22. The summed E-state index contributed by atoms with van der Waals surface area (Å²) in [6.45, 7) is 0. The van der Waals surface area contributed by atoms with Crippen LogP contribution >= 0.6 is 22.7 Å². The van der Waals surface area contributed by atoms with Crippen molar-refractivity contribution in [3.8, 4) is 16.5 Å². The lowest BCUT2D eigenvalue weighted by Gasteiger charge is -1.96. The second kappa shape index (κ2) is 5.39. The van der Waals surface area contributed by atoms with Crippen molar-refractivity contribution in [1.29, 1.82) is 0 Å². The molecule has 1 N–H and O–H groups in total. The van der Waals surface area contributed by atoms with Crippen molar-refractivity contribution in [1.82, 2.24) is 15.2 Å². The summed E-state index contributed by atoms with van der Waals surface area (Å²) in [6.07, 6.45) is 0. The quantitative estimate of drug-likeness (QED) is 0.606. The number of nitrogens with zero attached hydrogens (tertiary/aromatic N) is 3. The maximum Gasteiger partial charge on any atom is 0.322 e. The maximum atomic E-state index is 5.59. The molecule has 0 amide bonds. The zero-order valence-electron chi connectivity index (χ0n) is 11.4. The molecule has 4 rings (SSSR count). The number of nitrogens with one attached hydrogen (secondary N) is 1. The summed E-state index contributed by atoms with van der Waals surface area (Å²) in [4.78, 5) is 5.43.